The van der Waals surface area contributed by atoms with Gasteiger partial charge >= 0.3 is 0 Å². The molecule has 0 fully saturated rings. The van der Waals surface area contributed by atoms with Crippen molar-refractivity contribution >= 4 is 9.84 Å². The highest BCUT2D eigenvalue weighted by atomic mass is 32.2. The van der Waals surface area contributed by atoms with Gasteiger partial charge in [0.05, 0.1) is 11.4 Å². The molecule has 0 spiro atoms. The summed E-state index contributed by atoms with van der Waals surface area (Å²) < 4.78 is 39.2. The van der Waals surface area contributed by atoms with Gasteiger partial charge < -0.3 is 0 Å². The Balaban J connectivity index is 1.83. The van der Waals surface area contributed by atoms with Crippen LogP contribution in [0.5, 0.6) is 0 Å². The molecule has 1 heterocycles. The van der Waals surface area contributed by atoms with Crippen LogP contribution in [0.2, 0.25) is 0 Å². The first-order valence-corrected chi connectivity index (χ1v) is 8.63. The van der Waals surface area contributed by atoms with Crippen LogP contribution in [0, 0.1) is 5.82 Å². The molecule has 23 heavy (non-hydrogen) atoms. The molecule has 118 valence electrons. The Morgan fingerprint density at radius 2 is 1.78 bits per heavy atom. The lowest BCUT2D eigenvalue weighted by atomic mass is 10.2. The van der Waals surface area contributed by atoms with E-state index in [1.165, 1.54) is 22.9 Å². The summed E-state index contributed by atoms with van der Waals surface area (Å²) >= 11 is 0. The Labute approximate surface area is 132 Å². The van der Waals surface area contributed by atoms with Crippen LogP contribution in [-0.2, 0) is 21.3 Å². The van der Waals surface area contributed by atoms with Gasteiger partial charge in [-0.2, -0.15) is 4.68 Å². The molecule has 0 radical (unpaired) electrons. The number of nitrogens with zero attached hydrogens (tertiary/aromatic N) is 4. The van der Waals surface area contributed by atoms with E-state index in [1.54, 1.807) is 18.2 Å². The van der Waals surface area contributed by atoms with Gasteiger partial charge in [-0.1, -0.05) is 30.3 Å². The van der Waals surface area contributed by atoms with E-state index in [9.17, 15) is 12.8 Å². The summed E-state index contributed by atoms with van der Waals surface area (Å²) in [6, 6.07) is 14.5. The summed E-state index contributed by atoms with van der Waals surface area (Å²) in [5.74, 6) is -0.850. The molecule has 0 aliphatic rings. The van der Waals surface area contributed by atoms with Crippen molar-refractivity contribution < 1.29 is 12.8 Å². The predicted molar refractivity (Wildman–Crippen MR) is 81.9 cm³/mol. The second-order valence-electron chi connectivity index (χ2n) is 5.00. The van der Waals surface area contributed by atoms with Crippen LogP contribution in [0.3, 0.4) is 0 Å². The molecule has 0 bridgehead atoms. The van der Waals surface area contributed by atoms with E-state index >= 15 is 0 Å². The Morgan fingerprint density at radius 1 is 1.00 bits per heavy atom. The first kappa shape index (κ1) is 15.3. The largest absolute Gasteiger partial charge is 0.228 e. The van der Waals surface area contributed by atoms with Crippen molar-refractivity contribution in [2.45, 2.75) is 11.5 Å². The monoisotopic (exact) mass is 332 g/mol. The van der Waals surface area contributed by atoms with Crippen LogP contribution in [-0.4, -0.2) is 28.6 Å². The summed E-state index contributed by atoms with van der Waals surface area (Å²) in [5.41, 5.74) is 1.07. The summed E-state index contributed by atoms with van der Waals surface area (Å²) in [7, 11) is -3.53. The number of tetrazole rings is 1. The van der Waals surface area contributed by atoms with Gasteiger partial charge in [-0.25, -0.2) is 12.8 Å². The fraction of sp³-hybridized carbons (Fsp3) is 0.133. The van der Waals surface area contributed by atoms with E-state index in [0.29, 0.717) is 11.3 Å². The van der Waals surface area contributed by atoms with Gasteiger partial charge in [0.2, 0.25) is 0 Å². The fourth-order valence-electron chi connectivity index (χ4n) is 2.19. The average Bonchev–Trinajstić information content (AvgIpc) is 2.95. The van der Waals surface area contributed by atoms with Crippen molar-refractivity contribution in [1.29, 1.82) is 0 Å². The highest BCUT2D eigenvalue weighted by Gasteiger charge is 2.19. The lowest BCUT2D eigenvalue weighted by Gasteiger charge is -2.06. The van der Waals surface area contributed by atoms with Crippen molar-refractivity contribution in [3.63, 3.8) is 0 Å². The molecule has 0 saturated carbocycles. The van der Waals surface area contributed by atoms with Crippen molar-refractivity contribution in [3.8, 4) is 5.69 Å². The number of halogens is 1. The number of para-hydroxylation sites is 1. The second-order valence-corrected chi connectivity index (χ2v) is 7.07. The molecule has 0 unspecified atom stereocenters. The molecule has 0 atom stereocenters. The molecule has 0 aliphatic carbocycles. The highest BCUT2D eigenvalue weighted by Crippen LogP contribution is 2.14. The van der Waals surface area contributed by atoms with E-state index in [0.717, 1.165) is 0 Å². The van der Waals surface area contributed by atoms with Crippen LogP contribution in [0.15, 0.2) is 54.6 Å². The van der Waals surface area contributed by atoms with Crippen molar-refractivity contribution in [3.05, 3.63) is 71.8 Å². The van der Waals surface area contributed by atoms with E-state index in [2.05, 4.69) is 15.5 Å². The van der Waals surface area contributed by atoms with Crippen molar-refractivity contribution in [2.24, 2.45) is 0 Å². The molecule has 0 N–H and O–H groups in total. The minimum absolute atomic E-state index is 0.215. The second kappa shape index (κ2) is 6.25. The van der Waals surface area contributed by atoms with Gasteiger partial charge in [-0.15, -0.1) is 5.10 Å². The first-order chi connectivity index (χ1) is 11.0. The fourth-order valence-corrected chi connectivity index (χ4v) is 3.56. The number of rotatable bonds is 5. The third-order valence-electron chi connectivity index (χ3n) is 3.16. The molecule has 3 rings (SSSR count). The molecule has 2 aromatic carbocycles. The van der Waals surface area contributed by atoms with Gasteiger partial charge in [0.15, 0.2) is 15.7 Å². The summed E-state index contributed by atoms with van der Waals surface area (Å²) in [5, 5.41) is 11.2. The Kier molecular flexibility index (Phi) is 4.16. The smallest absolute Gasteiger partial charge is 0.171 e. The number of benzene rings is 2. The quantitative estimate of drug-likeness (QED) is 0.713. The maximum Gasteiger partial charge on any atom is 0.171 e. The summed E-state index contributed by atoms with van der Waals surface area (Å²) in [6.07, 6.45) is 0. The normalized spacial score (nSPS) is 11.5. The first-order valence-electron chi connectivity index (χ1n) is 6.81. The number of aromatic nitrogens is 4. The van der Waals surface area contributed by atoms with Gasteiger partial charge in [0.25, 0.3) is 0 Å². The molecule has 0 saturated heterocycles. The SMILES string of the molecule is O=S(=O)(Cc1cccc(F)c1)Cc1nnnn1-c1ccccc1. The third kappa shape index (κ3) is 3.78. The molecular weight excluding hydrogens is 319 g/mol. The van der Waals surface area contributed by atoms with Crippen LogP contribution in [0.4, 0.5) is 4.39 Å². The standard InChI is InChI=1S/C15H13FN4O2S/c16-13-6-4-5-12(9-13)10-23(21,22)11-15-17-18-19-20(15)14-7-2-1-3-8-14/h1-9H,10-11H2. The van der Waals surface area contributed by atoms with Crippen LogP contribution >= 0.6 is 0 Å². The zero-order valence-electron chi connectivity index (χ0n) is 12.0. The third-order valence-corrected chi connectivity index (χ3v) is 4.63. The topological polar surface area (TPSA) is 77.7 Å². The van der Waals surface area contributed by atoms with Crippen LogP contribution in [0.25, 0.3) is 5.69 Å². The predicted octanol–water partition coefficient (Wildman–Crippen LogP) is 1.92. The Morgan fingerprint density at radius 3 is 2.52 bits per heavy atom. The zero-order chi connectivity index (χ0) is 16.3. The summed E-state index contributed by atoms with van der Waals surface area (Å²) in [4.78, 5) is 0. The van der Waals surface area contributed by atoms with Gasteiger partial charge in [-0.05, 0) is 40.3 Å². The highest BCUT2D eigenvalue weighted by molar-refractivity contribution is 7.89. The van der Waals surface area contributed by atoms with Gasteiger partial charge in [0.1, 0.15) is 11.6 Å². The Bertz CT molecular complexity index is 910. The minimum atomic E-state index is -3.53. The number of hydrogen-bond donors (Lipinski definition) is 0. The molecule has 0 amide bonds. The van der Waals surface area contributed by atoms with Crippen LogP contribution < -0.4 is 0 Å². The molecule has 8 heteroatoms. The van der Waals surface area contributed by atoms with E-state index in [-0.39, 0.29) is 17.3 Å². The zero-order valence-corrected chi connectivity index (χ0v) is 12.8. The number of hydrogen-bond acceptors (Lipinski definition) is 5. The van der Waals surface area contributed by atoms with E-state index in [1.807, 2.05) is 18.2 Å². The van der Waals surface area contributed by atoms with E-state index in [4.69, 9.17) is 0 Å². The number of sulfone groups is 1. The van der Waals surface area contributed by atoms with Crippen LogP contribution in [0.1, 0.15) is 11.4 Å². The maximum atomic E-state index is 13.2. The molecule has 0 aliphatic heterocycles. The van der Waals surface area contributed by atoms with Crippen molar-refractivity contribution in [2.75, 3.05) is 0 Å². The van der Waals surface area contributed by atoms with Gasteiger partial charge in [-0.3, -0.25) is 0 Å². The minimum Gasteiger partial charge on any atom is -0.228 e. The lowest BCUT2D eigenvalue weighted by Crippen LogP contribution is -2.12. The molecule has 6 nitrogen and oxygen atoms in total. The van der Waals surface area contributed by atoms with E-state index < -0.39 is 15.7 Å². The van der Waals surface area contributed by atoms with Crippen molar-refractivity contribution in [1.82, 2.24) is 20.2 Å². The summed E-state index contributed by atoms with van der Waals surface area (Å²) in [6.45, 7) is 0. The van der Waals surface area contributed by atoms with Gasteiger partial charge in [0, 0.05) is 0 Å². The lowest BCUT2D eigenvalue weighted by molar-refractivity contribution is 0.591. The Hall–Kier alpha value is -2.61. The molecule has 3 aromatic rings. The maximum absolute atomic E-state index is 13.2. The average molecular weight is 332 g/mol. The molecular formula is C15H13FN4O2S. The molecule has 1 aromatic heterocycles.